The van der Waals surface area contributed by atoms with Crippen molar-refractivity contribution in [1.29, 1.82) is 5.26 Å². The normalized spacial score (nSPS) is 15.4. The smallest absolute Gasteiger partial charge is 0.231 e. The van der Waals surface area contributed by atoms with Crippen LogP contribution < -0.4 is 10.1 Å². The Kier molecular flexibility index (Phi) is 6.80. The van der Waals surface area contributed by atoms with Crippen molar-refractivity contribution in [2.45, 2.75) is 56.8 Å². The number of ether oxygens (including phenoxy) is 1. The van der Waals surface area contributed by atoms with Crippen LogP contribution >= 0.6 is 11.8 Å². The number of hydrogen-bond donors (Lipinski definition) is 1. The van der Waals surface area contributed by atoms with E-state index >= 15 is 0 Å². The standard InChI is InChI=1S/C21H27N5O2S/c1-4-5-12-26-19(15-6-10-17(28-3)11-7-15)24-25-20(26)29-13-18(27)23-21(2,14-22)16-8-9-16/h6-7,10-11,16H,4-5,8-9,12-13H2,1-3H3,(H,23,27). The molecule has 1 fully saturated rings. The third-order valence-corrected chi connectivity index (χ3v) is 6.12. The summed E-state index contributed by atoms with van der Waals surface area (Å²) in [6.45, 7) is 4.73. The molecule has 7 nitrogen and oxygen atoms in total. The Balaban J connectivity index is 1.72. The average molecular weight is 414 g/mol. The van der Waals surface area contributed by atoms with Crippen molar-refractivity contribution in [1.82, 2.24) is 20.1 Å². The first-order chi connectivity index (χ1) is 14.0. The molecule has 0 spiro atoms. The Morgan fingerprint density at radius 2 is 2.10 bits per heavy atom. The van der Waals surface area contributed by atoms with E-state index in [0.29, 0.717) is 5.16 Å². The Hall–Kier alpha value is -2.53. The lowest BCUT2D eigenvalue weighted by Crippen LogP contribution is -2.47. The fourth-order valence-electron chi connectivity index (χ4n) is 3.20. The zero-order valence-electron chi connectivity index (χ0n) is 17.1. The predicted octanol–water partition coefficient (Wildman–Crippen LogP) is 3.65. The molecule has 1 aliphatic carbocycles. The molecule has 1 aromatic carbocycles. The van der Waals surface area contributed by atoms with Crippen LogP contribution in [-0.4, -0.2) is 39.1 Å². The molecule has 1 aromatic heterocycles. The average Bonchev–Trinajstić information content (AvgIpc) is 3.52. The largest absolute Gasteiger partial charge is 0.497 e. The van der Waals surface area contributed by atoms with Crippen molar-refractivity contribution in [2.75, 3.05) is 12.9 Å². The zero-order valence-corrected chi connectivity index (χ0v) is 18.0. The molecule has 8 heteroatoms. The molecule has 29 heavy (non-hydrogen) atoms. The maximum absolute atomic E-state index is 12.4. The molecule has 154 valence electrons. The Morgan fingerprint density at radius 1 is 1.38 bits per heavy atom. The number of methoxy groups -OCH3 is 1. The molecular weight excluding hydrogens is 386 g/mol. The number of carbonyl (C=O) groups excluding carboxylic acids is 1. The Labute approximate surface area is 175 Å². The van der Waals surface area contributed by atoms with E-state index in [9.17, 15) is 10.1 Å². The second kappa shape index (κ2) is 9.31. The lowest BCUT2D eigenvalue weighted by atomic mass is 9.98. The predicted molar refractivity (Wildman–Crippen MR) is 113 cm³/mol. The summed E-state index contributed by atoms with van der Waals surface area (Å²) in [7, 11) is 1.64. The van der Waals surface area contributed by atoms with Gasteiger partial charge in [0.1, 0.15) is 11.3 Å². The molecule has 0 bridgehead atoms. The van der Waals surface area contributed by atoms with E-state index in [1.807, 2.05) is 24.3 Å². The van der Waals surface area contributed by atoms with Crippen molar-refractivity contribution >= 4 is 17.7 Å². The molecule has 1 N–H and O–H groups in total. The zero-order chi connectivity index (χ0) is 20.9. The summed E-state index contributed by atoms with van der Waals surface area (Å²) in [4.78, 5) is 12.4. The van der Waals surface area contributed by atoms with Crippen molar-refractivity contribution in [3.05, 3.63) is 24.3 Å². The molecule has 1 unspecified atom stereocenters. The second-order valence-electron chi connectivity index (χ2n) is 7.47. The maximum atomic E-state index is 12.4. The van der Waals surface area contributed by atoms with Crippen LogP contribution in [0.3, 0.4) is 0 Å². The topological polar surface area (TPSA) is 92.8 Å². The van der Waals surface area contributed by atoms with Gasteiger partial charge in [0.25, 0.3) is 0 Å². The summed E-state index contributed by atoms with van der Waals surface area (Å²) in [5, 5.41) is 21.7. The number of nitriles is 1. The van der Waals surface area contributed by atoms with Gasteiger partial charge >= 0.3 is 0 Å². The van der Waals surface area contributed by atoms with E-state index in [-0.39, 0.29) is 17.6 Å². The summed E-state index contributed by atoms with van der Waals surface area (Å²) >= 11 is 1.36. The molecule has 1 atom stereocenters. The van der Waals surface area contributed by atoms with Crippen LogP contribution in [0.4, 0.5) is 0 Å². The van der Waals surface area contributed by atoms with Crippen LogP contribution in [0.1, 0.15) is 39.5 Å². The molecule has 0 aliphatic heterocycles. The molecular formula is C21H27N5O2S. The number of unbranched alkanes of at least 4 members (excludes halogenated alkanes) is 1. The summed E-state index contributed by atoms with van der Waals surface area (Å²) in [6, 6.07) is 9.97. The van der Waals surface area contributed by atoms with Crippen LogP contribution in [0.15, 0.2) is 29.4 Å². The van der Waals surface area contributed by atoms with Gasteiger partial charge in [0.15, 0.2) is 11.0 Å². The third kappa shape index (κ3) is 5.10. The SMILES string of the molecule is CCCCn1c(SCC(=O)NC(C)(C#N)C2CC2)nnc1-c1ccc(OC)cc1. The van der Waals surface area contributed by atoms with E-state index in [4.69, 9.17) is 4.74 Å². The van der Waals surface area contributed by atoms with Gasteiger partial charge in [-0.05, 0) is 56.4 Å². The summed E-state index contributed by atoms with van der Waals surface area (Å²) in [5.74, 6) is 1.88. The van der Waals surface area contributed by atoms with Gasteiger partial charge in [0.2, 0.25) is 5.91 Å². The van der Waals surface area contributed by atoms with Gasteiger partial charge in [0, 0.05) is 12.1 Å². The second-order valence-corrected chi connectivity index (χ2v) is 8.41. The highest BCUT2D eigenvalue weighted by atomic mass is 32.2. The van der Waals surface area contributed by atoms with E-state index in [1.165, 1.54) is 11.8 Å². The number of aromatic nitrogens is 3. The fourth-order valence-corrected chi connectivity index (χ4v) is 3.97. The van der Waals surface area contributed by atoms with E-state index in [0.717, 1.165) is 49.4 Å². The first-order valence-corrected chi connectivity index (χ1v) is 10.9. The van der Waals surface area contributed by atoms with Crippen molar-refractivity contribution in [3.63, 3.8) is 0 Å². The minimum absolute atomic E-state index is 0.151. The van der Waals surface area contributed by atoms with E-state index < -0.39 is 5.54 Å². The summed E-state index contributed by atoms with van der Waals surface area (Å²) in [6.07, 6.45) is 4.03. The van der Waals surface area contributed by atoms with Crippen molar-refractivity contribution in [2.24, 2.45) is 5.92 Å². The van der Waals surface area contributed by atoms with Gasteiger partial charge < -0.3 is 14.6 Å². The molecule has 0 saturated heterocycles. The third-order valence-electron chi connectivity index (χ3n) is 5.16. The maximum Gasteiger partial charge on any atom is 0.231 e. The highest BCUT2D eigenvalue weighted by molar-refractivity contribution is 7.99. The van der Waals surface area contributed by atoms with Crippen LogP contribution in [0.5, 0.6) is 5.75 Å². The van der Waals surface area contributed by atoms with Crippen LogP contribution in [0.25, 0.3) is 11.4 Å². The molecule has 1 amide bonds. The fraction of sp³-hybridized carbons (Fsp3) is 0.524. The van der Waals surface area contributed by atoms with Gasteiger partial charge in [-0.3, -0.25) is 4.79 Å². The molecule has 3 rings (SSSR count). The Morgan fingerprint density at radius 3 is 2.69 bits per heavy atom. The van der Waals surface area contributed by atoms with Gasteiger partial charge in [-0.1, -0.05) is 25.1 Å². The first-order valence-electron chi connectivity index (χ1n) is 9.93. The number of nitrogens with one attached hydrogen (secondary N) is 1. The number of thioether (sulfide) groups is 1. The lowest BCUT2D eigenvalue weighted by molar-refractivity contribution is -0.119. The monoisotopic (exact) mass is 413 g/mol. The minimum Gasteiger partial charge on any atom is -0.497 e. The van der Waals surface area contributed by atoms with Gasteiger partial charge in [-0.2, -0.15) is 5.26 Å². The number of hydrogen-bond acceptors (Lipinski definition) is 6. The number of carbonyl (C=O) groups is 1. The molecule has 1 heterocycles. The molecule has 1 saturated carbocycles. The number of nitrogens with zero attached hydrogens (tertiary/aromatic N) is 4. The van der Waals surface area contributed by atoms with Crippen LogP contribution in [0.2, 0.25) is 0 Å². The molecule has 0 radical (unpaired) electrons. The summed E-state index contributed by atoms with van der Waals surface area (Å²) < 4.78 is 7.29. The van der Waals surface area contributed by atoms with Crippen molar-refractivity contribution in [3.8, 4) is 23.2 Å². The lowest BCUT2D eigenvalue weighted by Gasteiger charge is -2.22. The first kappa shape index (κ1) is 21.2. The Bertz CT molecular complexity index is 885. The number of amides is 1. The molecule has 2 aromatic rings. The highest BCUT2D eigenvalue weighted by Gasteiger charge is 2.43. The number of rotatable bonds is 10. The molecule has 1 aliphatic rings. The van der Waals surface area contributed by atoms with Crippen LogP contribution in [-0.2, 0) is 11.3 Å². The van der Waals surface area contributed by atoms with Crippen LogP contribution in [0, 0.1) is 17.2 Å². The quantitative estimate of drug-likeness (QED) is 0.598. The van der Waals surface area contributed by atoms with E-state index in [2.05, 4.69) is 33.1 Å². The number of benzene rings is 1. The minimum atomic E-state index is -0.776. The highest BCUT2D eigenvalue weighted by Crippen LogP contribution is 2.39. The summed E-state index contributed by atoms with van der Waals surface area (Å²) in [5.41, 5.74) is 0.179. The van der Waals surface area contributed by atoms with Gasteiger partial charge in [-0.25, -0.2) is 0 Å². The van der Waals surface area contributed by atoms with Gasteiger partial charge in [0.05, 0.1) is 18.9 Å². The van der Waals surface area contributed by atoms with Gasteiger partial charge in [-0.15, -0.1) is 10.2 Å². The van der Waals surface area contributed by atoms with E-state index in [1.54, 1.807) is 14.0 Å². The van der Waals surface area contributed by atoms with Crippen molar-refractivity contribution < 1.29 is 9.53 Å².